The summed E-state index contributed by atoms with van der Waals surface area (Å²) in [6, 6.07) is 17.8. The van der Waals surface area contributed by atoms with Crippen LogP contribution in [-0.4, -0.2) is 26.3 Å². The topological polar surface area (TPSA) is 95.3 Å². The zero-order valence-corrected chi connectivity index (χ0v) is 15.4. The van der Waals surface area contributed by atoms with Crippen molar-refractivity contribution in [2.75, 3.05) is 5.48 Å². The van der Waals surface area contributed by atoms with Gasteiger partial charge >= 0.3 is 5.97 Å². The van der Waals surface area contributed by atoms with E-state index >= 15 is 0 Å². The third kappa shape index (κ3) is 3.36. The molecule has 0 bridgehead atoms. The summed E-state index contributed by atoms with van der Waals surface area (Å²) in [6.07, 6.45) is 1.71. The average Bonchev–Trinajstić information content (AvgIpc) is 3.24. The van der Waals surface area contributed by atoms with E-state index in [0.717, 1.165) is 11.4 Å². The predicted molar refractivity (Wildman–Crippen MR) is 109 cm³/mol. The highest BCUT2D eigenvalue weighted by atomic mass is 32.1. The second-order valence-electron chi connectivity index (χ2n) is 5.98. The number of benzene rings is 2. The van der Waals surface area contributed by atoms with Gasteiger partial charge in [-0.1, -0.05) is 36.4 Å². The molecule has 4 aromatic rings. The van der Waals surface area contributed by atoms with Crippen LogP contribution in [0.15, 0.2) is 72.2 Å². The van der Waals surface area contributed by atoms with Crippen molar-refractivity contribution in [3.05, 3.63) is 77.8 Å². The maximum absolute atomic E-state index is 11.9. The number of aromatic nitrogens is 2. The zero-order chi connectivity index (χ0) is 19.5. The summed E-state index contributed by atoms with van der Waals surface area (Å²) in [4.78, 5) is 20.8. The Morgan fingerprint density at radius 3 is 2.54 bits per heavy atom. The number of thiazole rings is 1. The SMILES string of the molecule is O=C(O)c1cc(-c2nc(-c3ccccn3)cs2)ccc1-c1ccccc1NO. The largest absolute Gasteiger partial charge is 0.478 e. The molecule has 0 saturated carbocycles. The maximum atomic E-state index is 11.9. The van der Waals surface area contributed by atoms with Crippen LogP contribution in [0.4, 0.5) is 5.69 Å². The van der Waals surface area contributed by atoms with Gasteiger partial charge in [-0.15, -0.1) is 11.3 Å². The molecular formula is C21H15N3O3S. The van der Waals surface area contributed by atoms with E-state index in [9.17, 15) is 15.1 Å². The Hall–Kier alpha value is -3.55. The van der Waals surface area contributed by atoms with Gasteiger partial charge in [-0.3, -0.25) is 15.7 Å². The van der Waals surface area contributed by atoms with Gasteiger partial charge in [0.15, 0.2) is 0 Å². The highest BCUT2D eigenvalue weighted by Gasteiger charge is 2.17. The summed E-state index contributed by atoms with van der Waals surface area (Å²) in [5, 5.41) is 21.7. The molecule has 2 aromatic heterocycles. The fourth-order valence-electron chi connectivity index (χ4n) is 2.94. The van der Waals surface area contributed by atoms with Crippen LogP contribution in [0.5, 0.6) is 0 Å². The van der Waals surface area contributed by atoms with Crippen LogP contribution in [0, 0.1) is 0 Å². The first-order valence-corrected chi connectivity index (χ1v) is 9.29. The molecule has 3 N–H and O–H groups in total. The first kappa shape index (κ1) is 17.8. The van der Waals surface area contributed by atoms with Gasteiger partial charge in [0, 0.05) is 22.7 Å². The molecule has 0 radical (unpaired) electrons. The molecule has 0 spiro atoms. The van der Waals surface area contributed by atoms with Crippen molar-refractivity contribution in [2.45, 2.75) is 0 Å². The Labute approximate surface area is 164 Å². The first-order valence-electron chi connectivity index (χ1n) is 8.41. The van der Waals surface area contributed by atoms with Gasteiger partial charge in [-0.25, -0.2) is 9.78 Å². The maximum Gasteiger partial charge on any atom is 0.336 e. The number of pyridine rings is 1. The van der Waals surface area contributed by atoms with Crippen LogP contribution in [0.3, 0.4) is 0 Å². The summed E-state index contributed by atoms with van der Waals surface area (Å²) < 4.78 is 0. The number of hydrogen-bond donors (Lipinski definition) is 3. The van der Waals surface area contributed by atoms with E-state index < -0.39 is 5.97 Å². The Morgan fingerprint density at radius 2 is 1.79 bits per heavy atom. The molecule has 7 heteroatoms. The van der Waals surface area contributed by atoms with Crippen molar-refractivity contribution in [1.82, 2.24) is 9.97 Å². The lowest BCUT2D eigenvalue weighted by molar-refractivity contribution is 0.0698. The molecule has 28 heavy (non-hydrogen) atoms. The zero-order valence-electron chi connectivity index (χ0n) is 14.5. The molecule has 0 aliphatic heterocycles. The van der Waals surface area contributed by atoms with E-state index in [4.69, 9.17) is 0 Å². The van der Waals surface area contributed by atoms with Crippen LogP contribution in [-0.2, 0) is 0 Å². The fourth-order valence-corrected chi connectivity index (χ4v) is 3.75. The van der Waals surface area contributed by atoms with Crippen LogP contribution in [0.25, 0.3) is 33.1 Å². The second-order valence-corrected chi connectivity index (χ2v) is 6.83. The van der Waals surface area contributed by atoms with Gasteiger partial charge in [0.2, 0.25) is 0 Å². The van der Waals surface area contributed by atoms with Crippen LogP contribution in [0.2, 0.25) is 0 Å². The van der Waals surface area contributed by atoms with Gasteiger partial charge in [0.1, 0.15) is 10.7 Å². The molecule has 0 fully saturated rings. The van der Waals surface area contributed by atoms with E-state index in [-0.39, 0.29) is 5.56 Å². The van der Waals surface area contributed by atoms with Gasteiger partial charge in [-0.05, 0) is 29.8 Å². The van der Waals surface area contributed by atoms with E-state index in [1.54, 1.807) is 42.6 Å². The Bertz CT molecular complexity index is 1140. The third-order valence-corrected chi connectivity index (χ3v) is 5.16. The molecular weight excluding hydrogens is 374 g/mol. The minimum atomic E-state index is -1.05. The minimum absolute atomic E-state index is 0.134. The van der Waals surface area contributed by atoms with E-state index in [0.29, 0.717) is 27.4 Å². The number of rotatable bonds is 5. The number of para-hydroxylation sites is 1. The molecule has 0 atom stereocenters. The van der Waals surface area contributed by atoms with Gasteiger partial charge in [0.05, 0.1) is 16.9 Å². The molecule has 0 saturated heterocycles. The molecule has 4 rings (SSSR count). The van der Waals surface area contributed by atoms with Crippen molar-refractivity contribution in [2.24, 2.45) is 0 Å². The first-order chi connectivity index (χ1) is 13.7. The standard InChI is InChI=1S/C21H15N3O3S/c25-21(26)16-11-13(8-9-14(16)15-5-1-2-6-17(15)24-27)20-23-19(12-28-20)18-7-3-4-10-22-18/h1-12,24,27H,(H,25,26). The number of nitrogens with one attached hydrogen (secondary N) is 1. The highest BCUT2D eigenvalue weighted by Crippen LogP contribution is 2.35. The number of carboxylic acid groups (broad SMARTS) is 1. The van der Waals surface area contributed by atoms with Gasteiger partial charge < -0.3 is 5.11 Å². The Balaban J connectivity index is 1.78. The highest BCUT2D eigenvalue weighted by molar-refractivity contribution is 7.13. The lowest BCUT2D eigenvalue weighted by atomic mass is 9.96. The van der Waals surface area contributed by atoms with Crippen LogP contribution < -0.4 is 5.48 Å². The number of nitrogens with zero attached hydrogens (tertiary/aromatic N) is 2. The summed E-state index contributed by atoms with van der Waals surface area (Å²) >= 11 is 1.43. The van der Waals surface area contributed by atoms with E-state index in [1.807, 2.05) is 29.6 Å². The minimum Gasteiger partial charge on any atom is -0.478 e. The number of carboxylic acids is 1. The molecule has 2 heterocycles. The molecule has 0 unspecified atom stereocenters. The quantitative estimate of drug-likeness (QED) is 0.414. The molecule has 6 nitrogen and oxygen atoms in total. The summed E-state index contributed by atoms with van der Waals surface area (Å²) in [6.45, 7) is 0. The number of anilines is 1. The van der Waals surface area contributed by atoms with Crippen LogP contribution >= 0.6 is 11.3 Å². The Morgan fingerprint density at radius 1 is 0.964 bits per heavy atom. The fraction of sp³-hybridized carbons (Fsp3) is 0. The van der Waals surface area contributed by atoms with Crippen molar-refractivity contribution in [3.63, 3.8) is 0 Å². The Kier molecular flexibility index (Phi) is 4.84. The van der Waals surface area contributed by atoms with Gasteiger partial charge in [0.25, 0.3) is 0 Å². The second kappa shape index (κ2) is 7.59. The third-order valence-electron chi connectivity index (χ3n) is 4.27. The van der Waals surface area contributed by atoms with E-state index in [2.05, 4.69) is 15.4 Å². The lowest BCUT2D eigenvalue weighted by Gasteiger charge is -2.12. The van der Waals surface area contributed by atoms with Gasteiger partial charge in [-0.2, -0.15) is 0 Å². The molecule has 0 aliphatic rings. The monoisotopic (exact) mass is 389 g/mol. The number of aromatic carboxylic acids is 1. The summed E-state index contributed by atoms with van der Waals surface area (Å²) in [5.74, 6) is -1.05. The number of carbonyl (C=O) groups is 1. The molecule has 0 amide bonds. The molecule has 138 valence electrons. The van der Waals surface area contributed by atoms with Crippen LogP contribution in [0.1, 0.15) is 10.4 Å². The van der Waals surface area contributed by atoms with Crippen molar-refractivity contribution in [3.8, 4) is 33.1 Å². The normalized spacial score (nSPS) is 10.6. The lowest BCUT2D eigenvalue weighted by Crippen LogP contribution is -2.02. The smallest absolute Gasteiger partial charge is 0.336 e. The molecule has 2 aromatic carbocycles. The van der Waals surface area contributed by atoms with Crippen molar-refractivity contribution >= 4 is 23.0 Å². The summed E-state index contributed by atoms with van der Waals surface area (Å²) in [7, 11) is 0. The average molecular weight is 389 g/mol. The van der Waals surface area contributed by atoms with Crippen molar-refractivity contribution in [1.29, 1.82) is 0 Å². The molecule has 0 aliphatic carbocycles. The van der Waals surface area contributed by atoms with Crippen molar-refractivity contribution < 1.29 is 15.1 Å². The number of hydrogen-bond acceptors (Lipinski definition) is 6. The van der Waals surface area contributed by atoms with E-state index in [1.165, 1.54) is 11.3 Å². The predicted octanol–water partition coefficient (Wildman–Crippen LogP) is 5.04. The summed E-state index contributed by atoms with van der Waals surface area (Å²) in [5.41, 5.74) is 6.02.